The van der Waals surface area contributed by atoms with E-state index in [0.29, 0.717) is 18.6 Å². The maximum absolute atomic E-state index is 5.87. The third-order valence-electron chi connectivity index (χ3n) is 2.84. The van der Waals surface area contributed by atoms with Crippen LogP contribution in [0, 0.1) is 0 Å². The standard InChI is InChI=1S/C13H24N4.2ClH/c1-9(2)16-12-7-15-8-13(11(12)6-14)17(5)10(3)4;;/h7-10,16H,6,14H2,1-5H3;2*1H. The molecule has 0 aliphatic carbocycles. The average Bonchev–Trinajstić information content (AvgIpc) is 2.26. The maximum atomic E-state index is 5.87. The number of nitrogens with one attached hydrogen (secondary N) is 1. The first kappa shape index (κ1) is 20.6. The lowest BCUT2D eigenvalue weighted by Gasteiger charge is -2.27. The third-order valence-corrected chi connectivity index (χ3v) is 2.84. The summed E-state index contributed by atoms with van der Waals surface area (Å²) in [6.07, 6.45) is 3.73. The first-order valence-corrected chi connectivity index (χ1v) is 6.13. The molecule has 0 fully saturated rings. The fraction of sp³-hybridized carbons (Fsp3) is 0.615. The molecule has 0 atom stereocenters. The Balaban J connectivity index is 0. The fourth-order valence-corrected chi connectivity index (χ4v) is 1.71. The highest BCUT2D eigenvalue weighted by Crippen LogP contribution is 2.26. The van der Waals surface area contributed by atoms with Gasteiger partial charge in [-0.05, 0) is 27.7 Å². The normalized spacial score (nSPS) is 9.89. The van der Waals surface area contributed by atoms with Crippen LogP contribution in [-0.4, -0.2) is 24.1 Å². The van der Waals surface area contributed by atoms with Crippen LogP contribution in [0.2, 0.25) is 0 Å². The summed E-state index contributed by atoms with van der Waals surface area (Å²) >= 11 is 0. The highest BCUT2D eigenvalue weighted by molar-refractivity contribution is 5.85. The molecule has 0 amide bonds. The van der Waals surface area contributed by atoms with E-state index in [0.717, 1.165) is 16.9 Å². The number of pyridine rings is 1. The van der Waals surface area contributed by atoms with Gasteiger partial charge in [0.05, 0.1) is 23.8 Å². The molecule has 1 heterocycles. The second-order valence-electron chi connectivity index (χ2n) is 4.89. The number of aromatic nitrogens is 1. The van der Waals surface area contributed by atoms with Crippen LogP contribution in [0.5, 0.6) is 0 Å². The molecule has 0 saturated heterocycles. The molecule has 0 spiro atoms. The summed E-state index contributed by atoms with van der Waals surface area (Å²) in [7, 11) is 2.07. The number of nitrogens with two attached hydrogens (primary N) is 1. The molecule has 0 aliphatic rings. The summed E-state index contributed by atoms with van der Waals surface area (Å²) in [5, 5.41) is 3.39. The smallest absolute Gasteiger partial charge is 0.0618 e. The lowest BCUT2D eigenvalue weighted by molar-refractivity contribution is 0.746. The van der Waals surface area contributed by atoms with Gasteiger partial charge in [-0.25, -0.2) is 0 Å². The van der Waals surface area contributed by atoms with Gasteiger partial charge in [0, 0.05) is 31.2 Å². The zero-order chi connectivity index (χ0) is 13.0. The number of rotatable bonds is 5. The van der Waals surface area contributed by atoms with E-state index >= 15 is 0 Å². The minimum Gasteiger partial charge on any atom is -0.381 e. The van der Waals surface area contributed by atoms with Gasteiger partial charge in [0.25, 0.3) is 0 Å². The molecule has 0 aliphatic heterocycles. The van der Waals surface area contributed by atoms with Crippen molar-refractivity contribution in [2.24, 2.45) is 5.73 Å². The van der Waals surface area contributed by atoms with Crippen molar-refractivity contribution in [1.29, 1.82) is 0 Å². The molecule has 19 heavy (non-hydrogen) atoms. The van der Waals surface area contributed by atoms with Crippen LogP contribution in [0.25, 0.3) is 0 Å². The molecule has 4 nitrogen and oxygen atoms in total. The predicted octanol–water partition coefficient (Wildman–Crippen LogP) is 3.05. The zero-order valence-corrected chi connectivity index (χ0v) is 13.9. The monoisotopic (exact) mass is 308 g/mol. The first-order chi connectivity index (χ1) is 7.97. The fourth-order valence-electron chi connectivity index (χ4n) is 1.71. The van der Waals surface area contributed by atoms with E-state index in [1.807, 2.05) is 12.4 Å². The average molecular weight is 309 g/mol. The van der Waals surface area contributed by atoms with Crippen LogP contribution in [-0.2, 0) is 6.54 Å². The summed E-state index contributed by atoms with van der Waals surface area (Å²) < 4.78 is 0. The summed E-state index contributed by atoms with van der Waals surface area (Å²) in [5.74, 6) is 0. The van der Waals surface area contributed by atoms with E-state index in [1.165, 1.54) is 0 Å². The topological polar surface area (TPSA) is 54.2 Å². The van der Waals surface area contributed by atoms with Crippen molar-refractivity contribution in [2.45, 2.75) is 46.3 Å². The van der Waals surface area contributed by atoms with Crippen molar-refractivity contribution in [3.05, 3.63) is 18.0 Å². The molecule has 0 unspecified atom stereocenters. The molecule has 3 N–H and O–H groups in total. The van der Waals surface area contributed by atoms with Crippen molar-refractivity contribution < 1.29 is 0 Å². The van der Waals surface area contributed by atoms with Crippen molar-refractivity contribution in [2.75, 3.05) is 17.3 Å². The van der Waals surface area contributed by atoms with Crippen molar-refractivity contribution in [1.82, 2.24) is 4.98 Å². The van der Waals surface area contributed by atoms with Gasteiger partial charge in [0.1, 0.15) is 0 Å². The maximum Gasteiger partial charge on any atom is 0.0618 e. The zero-order valence-electron chi connectivity index (χ0n) is 12.3. The molecular weight excluding hydrogens is 283 g/mol. The molecule has 1 aromatic rings. The minimum absolute atomic E-state index is 0. The van der Waals surface area contributed by atoms with E-state index in [-0.39, 0.29) is 24.8 Å². The van der Waals surface area contributed by atoms with Crippen molar-refractivity contribution in [3.8, 4) is 0 Å². The molecule has 0 bridgehead atoms. The Morgan fingerprint density at radius 1 is 1.21 bits per heavy atom. The summed E-state index contributed by atoms with van der Waals surface area (Å²) in [6, 6.07) is 0.804. The summed E-state index contributed by atoms with van der Waals surface area (Å²) in [5.41, 5.74) is 9.14. The van der Waals surface area contributed by atoms with Crippen LogP contribution in [0.15, 0.2) is 12.4 Å². The Kier molecular flexibility index (Phi) is 10.0. The van der Waals surface area contributed by atoms with Gasteiger partial charge >= 0.3 is 0 Å². The Hall–Kier alpha value is -0.710. The second-order valence-corrected chi connectivity index (χ2v) is 4.89. The van der Waals surface area contributed by atoms with Crippen LogP contribution in [0.1, 0.15) is 33.3 Å². The Bertz CT molecular complexity index is 370. The molecule has 1 aromatic heterocycles. The predicted molar refractivity (Wildman–Crippen MR) is 88.9 cm³/mol. The van der Waals surface area contributed by atoms with Gasteiger partial charge in [-0.2, -0.15) is 0 Å². The Morgan fingerprint density at radius 3 is 2.21 bits per heavy atom. The van der Waals surface area contributed by atoms with Gasteiger partial charge in [-0.1, -0.05) is 0 Å². The number of hydrogen-bond donors (Lipinski definition) is 2. The van der Waals surface area contributed by atoms with Crippen LogP contribution in [0.3, 0.4) is 0 Å². The summed E-state index contributed by atoms with van der Waals surface area (Å²) in [6.45, 7) is 9.05. The van der Waals surface area contributed by atoms with E-state index in [9.17, 15) is 0 Å². The quantitative estimate of drug-likeness (QED) is 0.878. The van der Waals surface area contributed by atoms with Crippen molar-refractivity contribution >= 4 is 36.2 Å². The number of nitrogens with zero attached hydrogens (tertiary/aromatic N) is 2. The van der Waals surface area contributed by atoms with Crippen molar-refractivity contribution in [3.63, 3.8) is 0 Å². The van der Waals surface area contributed by atoms with Gasteiger partial charge < -0.3 is 16.0 Å². The molecule has 0 aromatic carbocycles. The van der Waals surface area contributed by atoms with Gasteiger partial charge in [0.15, 0.2) is 0 Å². The van der Waals surface area contributed by atoms with Crippen LogP contribution >= 0.6 is 24.8 Å². The van der Waals surface area contributed by atoms with Gasteiger partial charge in [0.2, 0.25) is 0 Å². The Labute approximate surface area is 129 Å². The molecule has 0 saturated carbocycles. The van der Waals surface area contributed by atoms with Gasteiger partial charge in [-0.3, -0.25) is 4.98 Å². The highest BCUT2D eigenvalue weighted by atomic mass is 35.5. The van der Waals surface area contributed by atoms with E-state index < -0.39 is 0 Å². The SMILES string of the molecule is CC(C)Nc1cncc(N(C)C(C)C)c1CN.Cl.Cl. The number of anilines is 2. The molecular formula is C13H26Cl2N4. The molecule has 112 valence electrons. The second kappa shape index (κ2) is 9.23. The molecule has 6 heteroatoms. The minimum atomic E-state index is 0. The van der Waals surface area contributed by atoms with E-state index in [2.05, 4.69) is 49.9 Å². The third kappa shape index (κ3) is 5.43. The highest BCUT2D eigenvalue weighted by Gasteiger charge is 2.13. The lowest BCUT2D eigenvalue weighted by Crippen LogP contribution is -2.28. The Morgan fingerprint density at radius 2 is 1.79 bits per heavy atom. The molecule has 0 radical (unpaired) electrons. The first-order valence-electron chi connectivity index (χ1n) is 6.13. The van der Waals surface area contributed by atoms with Gasteiger partial charge in [-0.15, -0.1) is 24.8 Å². The lowest BCUT2D eigenvalue weighted by atomic mass is 10.1. The largest absolute Gasteiger partial charge is 0.381 e. The molecule has 1 rings (SSSR count). The summed E-state index contributed by atoms with van der Waals surface area (Å²) in [4.78, 5) is 6.49. The van der Waals surface area contributed by atoms with E-state index in [4.69, 9.17) is 5.73 Å². The number of hydrogen-bond acceptors (Lipinski definition) is 4. The van der Waals surface area contributed by atoms with E-state index in [1.54, 1.807) is 0 Å². The van der Waals surface area contributed by atoms with Crippen LogP contribution < -0.4 is 16.0 Å². The van der Waals surface area contributed by atoms with Crippen LogP contribution in [0.4, 0.5) is 11.4 Å². The number of halogens is 2.